The number of halogens is 3. The predicted octanol–water partition coefficient (Wildman–Crippen LogP) is 4.92. The van der Waals surface area contributed by atoms with Crippen LogP contribution in [-0.4, -0.2) is 52.5 Å². The van der Waals surface area contributed by atoms with Crippen LogP contribution >= 0.6 is 0 Å². The molecule has 0 saturated carbocycles. The van der Waals surface area contributed by atoms with Gasteiger partial charge in [0.1, 0.15) is 17.5 Å². The van der Waals surface area contributed by atoms with E-state index in [2.05, 4.69) is 25.7 Å². The largest absolute Gasteiger partial charge is 0.384 e. The van der Waals surface area contributed by atoms with Crippen molar-refractivity contribution in [1.29, 1.82) is 0 Å². The van der Waals surface area contributed by atoms with E-state index in [0.717, 1.165) is 6.07 Å². The van der Waals surface area contributed by atoms with Crippen LogP contribution in [0.3, 0.4) is 0 Å². The highest BCUT2D eigenvalue weighted by Crippen LogP contribution is 2.44. The molecule has 0 aliphatic carbocycles. The predicted molar refractivity (Wildman–Crippen MR) is 129 cm³/mol. The molecule has 2 heterocycles. The Bertz CT molecular complexity index is 1070. The summed E-state index contributed by atoms with van der Waals surface area (Å²) < 4.78 is 41.9. The number of piperidine rings is 1. The van der Waals surface area contributed by atoms with Crippen LogP contribution in [0, 0.1) is 35.2 Å². The molecule has 35 heavy (non-hydrogen) atoms. The van der Waals surface area contributed by atoms with Gasteiger partial charge in [0.05, 0.1) is 11.5 Å². The van der Waals surface area contributed by atoms with E-state index >= 15 is 0 Å². The van der Waals surface area contributed by atoms with Crippen molar-refractivity contribution in [2.75, 3.05) is 26.2 Å². The Balaban J connectivity index is 1.61. The fourth-order valence-electron chi connectivity index (χ4n) is 5.92. The summed E-state index contributed by atoms with van der Waals surface area (Å²) in [6, 6.07) is 9.46. The zero-order valence-electron chi connectivity index (χ0n) is 21.1. The molecule has 0 radical (unpaired) electrons. The summed E-state index contributed by atoms with van der Waals surface area (Å²) >= 11 is 0. The number of aliphatic hydroxyl groups is 1. The second-order valence-corrected chi connectivity index (χ2v) is 11.3. The minimum absolute atomic E-state index is 0.0784. The molecule has 7 heteroatoms. The average molecular weight is 489 g/mol. The van der Waals surface area contributed by atoms with Crippen LogP contribution in [-0.2, 0) is 10.4 Å². The number of hydrogen-bond donors (Lipinski definition) is 1. The molecule has 0 spiro atoms. The highest BCUT2D eigenvalue weighted by molar-refractivity contribution is 5.81. The Hall–Kier alpha value is -2.38. The third kappa shape index (κ3) is 4.73. The lowest BCUT2D eigenvalue weighted by atomic mass is 9.70. The van der Waals surface area contributed by atoms with Crippen LogP contribution < -0.4 is 0 Å². The van der Waals surface area contributed by atoms with E-state index in [0.29, 0.717) is 37.3 Å². The zero-order chi connectivity index (χ0) is 25.7. The second-order valence-electron chi connectivity index (χ2n) is 11.3. The topological polar surface area (TPSA) is 43.8 Å². The van der Waals surface area contributed by atoms with Crippen LogP contribution in [0.5, 0.6) is 0 Å². The van der Waals surface area contributed by atoms with Gasteiger partial charge in [-0.25, -0.2) is 13.2 Å². The number of amides is 1. The molecule has 2 aromatic rings. The van der Waals surface area contributed by atoms with Gasteiger partial charge in [0.2, 0.25) is 5.91 Å². The summed E-state index contributed by atoms with van der Waals surface area (Å²) in [5.41, 5.74) is -0.413. The van der Waals surface area contributed by atoms with Crippen LogP contribution in [0.25, 0.3) is 0 Å². The van der Waals surface area contributed by atoms with E-state index in [1.807, 2.05) is 13.8 Å². The van der Waals surface area contributed by atoms with E-state index in [-0.39, 0.29) is 29.1 Å². The second kappa shape index (κ2) is 9.25. The summed E-state index contributed by atoms with van der Waals surface area (Å²) in [4.78, 5) is 17.8. The molecule has 0 bridgehead atoms. The quantitative estimate of drug-likeness (QED) is 0.667. The summed E-state index contributed by atoms with van der Waals surface area (Å²) in [7, 11) is 0. The summed E-state index contributed by atoms with van der Waals surface area (Å²) in [5.74, 6) is -3.17. The Kier molecular flexibility index (Phi) is 6.79. The Morgan fingerprint density at radius 2 is 1.49 bits per heavy atom. The van der Waals surface area contributed by atoms with E-state index < -0.39 is 29.1 Å². The summed E-state index contributed by atoms with van der Waals surface area (Å²) in [6.07, 6.45) is 0. The van der Waals surface area contributed by atoms with Gasteiger partial charge in [-0.1, -0.05) is 32.0 Å². The van der Waals surface area contributed by atoms with Gasteiger partial charge in [-0.2, -0.15) is 0 Å². The molecule has 5 atom stereocenters. The fraction of sp³-hybridized carbons (Fsp3) is 0.536. The van der Waals surface area contributed by atoms with E-state index in [9.17, 15) is 23.1 Å². The van der Waals surface area contributed by atoms with Gasteiger partial charge in [0.15, 0.2) is 0 Å². The first-order chi connectivity index (χ1) is 16.3. The van der Waals surface area contributed by atoms with Crippen molar-refractivity contribution < 1.29 is 23.1 Å². The summed E-state index contributed by atoms with van der Waals surface area (Å²) in [5, 5.41) is 11.6. The van der Waals surface area contributed by atoms with Gasteiger partial charge in [-0.05, 0) is 50.1 Å². The number of carbonyl (C=O) groups excluding carboxylic acids is 1. The number of benzene rings is 2. The molecule has 2 saturated heterocycles. The molecular weight excluding hydrogens is 453 g/mol. The number of rotatable bonds is 3. The molecule has 190 valence electrons. The lowest BCUT2D eigenvalue weighted by molar-refractivity contribution is -0.152. The van der Waals surface area contributed by atoms with Gasteiger partial charge in [-0.3, -0.25) is 9.69 Å². The molecule has 1 amide bonds. The Morgan fingerprint density at radius 1 is 0.914 bits per heavy atom. The molecular formula is C28H35F3N2O2. The first kappa shape index (κ1) is 25.7. The third-order valence-electron chi connectivity index (χ3n) is 8.06. The van der Waals surface area contributed by atoms with Gasteiger partial charge in [0.25, 0.3) is 0 Å². The van der Waals surface area contributed by atoms with Crippen molar-refractivity contribution in [3.05, 3.63) is 71.0 Å². The lowest BCUT2D eigenvalue weighted by Crippen LogP contribution is -2.57. The van der Waals surface area contributed by atoms with Crippen molar-refractivity contribution in [3.63, 3.8) is 0 Å². The maximum atomic E-state index is 14.8. The van der Waals surface area contributed by atoms with E-state index in [1.54, 1.807) is 17.0 Å². The van der Waals surface area contributed by atoms with Crippen LogP contribution in [0.1, 0.15) is 51.7 Å². The minimum atomic E-state index is -1.19. The molecule has 0 aromatic heterocycles. The first-order valence-corrected chi connectivity index (χ1v) is 12.3. The minimum Gasteiger partial charge on any atom is -0.384 e. The van der Waals surface area contributed by atoms with Crippen molar-refractivity contribution in [2.24, 2.45) is 17.8 Å². The standard InChI is InChI=1S/C28H35F3N2O2/c1-17-13-32(14-18(2)28(17,35)19-6-8-20(29)9-7-19)26(34)24-16-33(27(3,4)5)15-23(24)22-11-10-21(30)12-25(22)31/h6-12,17-18,23-24,35H,13-16H2,1-5H3/t17-,18+,23-,24+,28-/m0/s1. The van der Waals surface area contributed by atoms with Crippen molar-refractivity contribution in [2.45, 2.75) is 51.7 Å². The maximum Gasteiger partial charge on any atom is 0.227 e. The number of likely N-dealkylation sites (tertiary alicyclic amines) is 2. The number of carbonyl (C=O) groups is 1. The van der Waals surface area contributed by atoms with E-state index in [1.165, 1.54) is 24.3 Å². The van der Waals surface area contributed by atoms with Gasteiger partial charge < -0.3 is 10.0 Å². The molecule has 4 nitrogen and oxygen atoms in total. The van der Waals surface area contributed by atoms with Crippen LogP contribution in [0.15, 0.2) is 42.5 Å². The third-order valence-corrected chi connectivity index (χ3v) is 8.06. The number of nitrogens with zero attached hydrogens (tertiary/aromatic N) is 2. The molecule has 2 aliphatic heterocycles. The Labute approximate surface area is 205 Å². The maximum absolute atomic E-state index is 14.8. The van der Waals surface area contributed by atoms with Crippen molar-refractivity contribution in [1.82, 2.24) is 9.80 Å². The molecule has 2 aromatic carbocycles. The van der Waals surface area contributed by atoms with Crippen LogP contribution in [0.4, 0.5) is 13.2 Å². The van der Waals surface area contributed by atoms with Crippen LogP contribution in [0.2, 0.25) is 0 Å². The SMILES string of the molecule is C[C@@H]1CN(C(=O)[C@@H]2CN(C(C)(C)C)C[C@H]2c2ccc(F)cc2F)C[C@H](C)[C@@]1(O)c1ccc(F)cc1. The summed E-state index contributed by atoms with van der Waals surface area (Å²) in [6.45, 7) is 11.6. The Morgan fingerprint density at radius 3 is 2.03 bits per heavy atom. The van der Waals surface area contributed by atoms with Crippen molar-refractivity contribution in [3.8, 4) is 0 Å². The smallest absolute Gasteiger partial charge is 0.227 e. The normalized spacial score (nSPS) is 30.0. The zero-order valence-corrected chi connectivity index (χ0v) is 21.1. The molecule has 0 unspecified atom stereocenters. The van der Waals surface area contributed by atoms with Gasteiger partial charge in [0, 0.05) is 55.5 Å². The monoisotopic (exact) mass is 488 g/mol. The van der Waals surface area contributed by atoms with Gasteiger partial charge in [-0.15, -0.1) is 0 Å². The fourth-order valence-corrected chi connectivity index (χ4v) is 5.92. The molecule has 2 aliphatic rings. The molecule has 2 fully saturated rings. The van der Waals surface area contributed by atoms with E-state index in [4.69, 9.17) is 0 Å². The lowest BCUT2D eigenvalue weighted by Gasteiger charge is -2.48. The average Bonchev–Trinajstić information content (AvgIpc) is 3.23. The van der Waals surface area contributed by atoms with Gasteiger partial charge >= 0.3 is 0 Å². The van der Waals surface area contributed by atoms with Crippen molar-refractivity contribution >= 4 is 5.91 Å². The molecule has 4 rings (SSSR count). The first-order valence-electron chi connectivity index (χ1n) is 12.3. The molecule has 1 N–H and O–H groups in total. The highest BCUT2D eigenvalue weighted by Gasteiger charge is 2.50. The number of hydrogen-bond acceptors (Lipinski definition) is 3. The highest BCUT2D eigenvalue weighted by atomic mass is 19.1.